The van der Waals surface area contributed by atoms with Gasteiger partial charge in [-0.05, 0) is 48.5 Å². The molecule has 3 nitrogen and oxygen atoms in total. The summed E-state index contributed by atoms with van der Waals surface area (Å²) in [4.78, 5) is 4.20. The van der Waals surface area contributed by atoms with E-state index in [1.807, 2.05) is 42.3 Å². The predicted octanol–water partition coefficient (Wildman–Crippen LogP) is 4.93. The molecule has 23 heavy (non-hydrogen) atoms. The predicted molar refractivity (Wildman–Crippen MR) is 97.1 cm³/mol. The van der Waals surface area contributed by atoms with Crippen LogP contribution in [0.25, 0.3) is 0 Å². The molecular formula is C20H20N2O. The van der Waals surface area contributed by atoms with E-state index in [4.69, 9.17) is 0 Å². The largest absolute Gasteiger partial charge is 0.508 e. The summed E-state index contributed by atoms with van der Waals surface area (Å²) in [6, 6.07) is 25.9. The van der Waals surface area contributed by atoms with Crippen molar-refractivity contribution in [3.8, 4) is 5.75 Å². The van der Waals surface area contributed by atoms with E-state index in [1.54, 1.807) is 12.1 Å². The van der Waals surface area contributed by atoms with Gasteiger partial charge in [0.05, 0.1) is 0 Å². The maximum atomic E-state index is 9.62. The van der Waals surface area contributed by atoms with E-state index in [0.717, 1.165) is 22.7 Å². The molecule has 0 spiro atoms. The molecule has 0 heterocycles. The molecule has 0 fully saturated rings. The van der Waals surface area contributed by atoms with Crippen LogP contribution in [0.4, 0.5) is 22.7 Å². The third-order valence-corrected chi connectivity index (χ3v) is 3.98. The zero-order valence-electron chi connectivity index (χ0n) is 13.3. The number of phenolic OH excluding ortho intramolecular Hbond substituents is 1. The summed E-state index contributed by atoms with van der Waals surface area (Å²) in [5.41, 5.74) is 4.31. The van der Waals surface area contributed by atoms with Crippen LogP contribution in [0, 0.1) is 0 Å². The molecule has 0 atom stereocenters. The van der Waals surface area contributed by atoms with Crippen LogP contribution in [0.3, 0.4) is 0 Å². The normalized spacial score (nSPS) is 10.3. The highest BCUT2D eigenvalue weighted by molar-refractivity contribution is 5.69. The molecule has 0 radical (unpaired) electrons. The van der Waals surface area contributed by atoms with Gasteiger partial charge in [-0.1, -0.05) is 24.3 Å². The van der Waals surface area contributed by atoms with Crippen molar-refractivity contribution < 1.29 is 5.11 Å². The van der Waals surface area contributed by atoms with Crippen LogP contribution in [0.15, 0.2) is 78.9 Å². The van der Waals surface area contributed by atoms with Crippen molar-refractivity contribution in [2.24, 2.45) is 0 Å². The van der Waals surface area contributed by atoms with Gasteiger partial charge in [0.15, 0.2) is 0 Å². The zero-order chi connectivity index (χ0) is 16.2. The van der Waals surface area contributed by atoms with Gasteiger partial charge < -0.3 is 14.9 Å². The van der Waals surface area contributed by atoms with E-state index in [1.165, 1.54) is 0 Å². The molecule has 0 amide bonds. The van der Waals surface area contributed by atoms with Crippen LogP contribution >= 0.6 is 0 Å². The fraction of sp³-hybridized carbons (Fsp3) is 0.100. The second kappa shape index (κ2) is 6.44. The first-order valence-electron chi connectivity index (χ1n) is 7.57. The standard InChI is InChI=1S/C20H20N2O/c1-21(16-7-4-3-5-8-16)17-11-13-18(14-12-17)22(2)19-9-6-10-20(23)15-19/h3-15,23H,1-2H3. The molecule has 0 aliphatic carbocycles. The Kier molecular flexibility index (Phi) is 4.20. The molecule has 0 aliphatic rings. The number of phenols is 1. The van der Waals surface area contributed by atoms with Crippen molar-refractivity contribution in [2.75, 3.05) is 23.9 Å². The van der Waals surface area contributed by atoms with E-state index in [-0.39, 0.29) is 5.75 Å². The summed E-state index contributed by atoms with van der Waals surface area (Å²) < 4.78 is 0. The van der Waals surface area contributed by atoms with Crippen molar-refractivity contribution in [3.63, 3.8) is 0 Å². The summed E-state index contributed by atoms with van der Waals surface area (Å²) in [7, 11) is 4.05. The molecule has 0 saturated carbocycles. The van der Waals surface area contributed by atoms with E-state index in [0.29, 0.717) is 0 Å². The third-order valence-electron chi connectivity index (χ3n) is 3.98. The lowest BCUT2D eigenvalue weighted by Crippen LogP contribution is -2.11. The van der Waals surface area contributed by atoms with Crippen molar-refractivity contribution >= 4 is 22.7 Å². The minimum Gasteiger partial charge on any atom is -0.508 e. The van der Waals surface area contributed by atoms with Gasteiger partial charge in [-0.15, -0.1) is 0 Å². The number of nitrogens with zero attached hydrogens (tertiary/aromatic N) is 2. The van der Waals surface area contributed by atoms with Crippen LogP contribution in [0.1, 0.15) is 0 Å². The van der Waals surface area contributed by atoms with Gasteiger partial charge in [-0.25, -0.2) is 0 Å². The first-order chi connectivity index (χ1) is 11.1. The molecule has 0 unspecified atom stereocenters. The van der Waals surface area contributed by atoms with Gasteiger partial charge >= 0.3 is 0 Å². The van der Waals surface area contributed by atoms with Gasteiger partial charge in [0.1, 0.15) is 5.75 Å². The molecule has 3 aromatic carbocycles. The maximum absolute atomic E-state index is 9.62. The Balaban J connectivity index is 1.82. The Morgan fingerprint density at radius 3 is 1.61 bits per heavy atom. The molecule has 0 aromatic heterocycles. The lowest BCUT2D eigenvalue weighted by Gasteiger charge is -2.23. The molecule has 0 saturated heterocycles. The number of aromatic hydroxyl groups is 1. The summed E-state index contributed by atoms with van der Waals surface area (Å²) >= 11 is 0. The lowest BCUT2D eigenvalue weighted by molar-refractivity contribution is 0.475. The minimum atomic E-state index is 0.273. The Labute approximate surface area is 137 Å². The van der Waals surface area contributed by atoms with Gasteiger partial charge in [-0.3, -0.25) is 0 Å². The SMILES string of the molecule is CN(c1ccccc1)c1ccc(N(C)c2cccc(O)c2)cc1. The number of hydrogen-bond acceptors (Lipinski definition) is 3. The van der Waals surface area contributed by atoms with Crippen molar-refractivity contribution in [1.82, 2.24) is 0 Å². The molecule has 0 aliphatic heterocycles. The summed E-state index contributed by atoms with van der Waals surface area (Å²) in [5, 5.41) is 9.62. The zero-order valence-corrected chi connectivity index (χ0v) is 13.3. The highest BCUT2D eigenvalue weighted by Crippen LogP contribution is 2.29. The Bertz CT molecular complexity index is 769. The van der Waals surface area contributed by atoms with Crippen molar-refractivity contribution in [1.29, 1.82) is 0 Å². The highest BCUT2D eigenvalue weighted by Gasteiger charge is 2.07. The van der Waals surface area contributed by atoms with Crippen LogP contribution < -0.4 is 9.80 Å². The van der Waals surface area contributed by atoms with E-state index >= 15 is 0 Å². The lowest BCUT2D eigenvalue weighted by atomic mass is 10.2. The first-order valence-corrected chi connectivity index (χ1v) is 7.57. The van der Waals surface area contributed by atoms with Crippen LogP contribution in [-0.4, -0.2) is 19.2 Å². The Morgan fingerprint density at radius 2 is 1.04 bits per heavy atom. The van der Waals surface area contributed by atoms with Gasteiger partial charge in [0.25, 0.3) is 0 Å². The number of para-hydroxylation sites is 1. The van der Waals surface area contributed by atoms with Crippen LogP contribution in [-0.2, 0) is 0 Å². The molecular weight excluding hydrogens is 284 g/mol. The van der Waals surface area contributed by atoms with E-state index in [9.17, 15) is 5.11 Å². The number of rotatable bonds is 4. The summed E-state index contributed by atoms with van der Waals surface area (Å²) in [6.45, 7) is 0. The van der Waals surface area contributed by atoms with Crippen molar-refractivity contribution in [2.45, 2.75) is 0 Å². The molecule has 116 valence electrons. The van der Waals surface area contributed by atoms with E-state index < -0.39 is 0 Å². The second-order valence-corrected chi connectivity index (χ2v) is 5.49. The molecule has 3 rings (SSSR count). The molecule has 3 heteroatoms. The fourth-order valence-corrected chi connectivity index (χ4v) is 2.55. The fourth-order valence-electron chi connectivity index (χ4n) is 2.55. The second-order valence-electron chi connectivity index (χ2n) is 5.49. The Morgan fingerprint density at radius 1 is 0.565 bits per heavy atom. The van der Waals surface area contributed by atoms with Crippen LogP contribution in [0.2, 0.25) is 0 Å². The maximum Gasteiger partial charge on any atom is 0.117 e. The summed E-state index contributed by atoms with van der Waals surface area (Å²) in [5.74, 6) is 0.273. The quantitative estimate of drug-likeness (QED) is 0.740. The minimum absolute atomic E-state index is 0.273. The first kappa shape index (κ1) is 15.0. The topological polar surface area (TPSA) is 26.7 Å². The van der Waals surface area contributed by atoms with E-state index in [2.05, 4.69) is 48.3 Å². The van der Waals surface area contributed by atoms with Gasteiger partial charge in [0, 0.05) is 42.9 Å². The van der Waals surface area contributed by atoms with Crippen LogP contribution in [0.5, 0.6) is 5.75 Å². The highest BCUT2D eigenvalue weighted by atomic mass is 16.3. The molecule has 0 bridgehead atoms. The summed E-state index contributed by atoms with van der Waals surface area (Å²) in [6.07, 6.45) is 0. The Hall–Kier alpha value is -2.94. The van der Waals surface area contributed by atoms with Gasteiger partial charge in [-0.2, -0.15) is 0 Å². The monoisotopic (exact) mass is 304 g/mol. The van der Waals surface area contributed by atoms with Gasteiger partial charge in [0.2, 0.25) is 0 Å². The number of benzene rings is 3. The molecule has 3 aromatic rings. The molecule has 1 N–H and O–H groups in total. The number of hydrogen-bond donors (Lipinski definition) is 1. The van der Waals surface area contributed by atoms with Crippen molar-refractivity contribution in [3.05, 3.63) is 78.9 Å². The average Bonchev–Trinajstić information content (AvgIpc) is 2.61. The third kappa shape index (κ3) is 3.29. The number of anilines is 4. The average molecular weight is 304 g/mol. The smallest absolute Gasteiger partial charge is 0.117 e.